The molecule has 3 rings (SSSR count). The van der Waals surface area contributed by atoms with Gasteiger partial charge in [-0.2, -0.15) is 0 Å². The molecule has 0 saturated carbocycles. The van der Waals surface area contributed by atoms with Gasteiger partial charge in [0.15, 0.2) is 0 Å². The van der Waals surface area contributed by atoms with Crippen molar-refractivity contribution < 1.29 is 4.79 Å². The van der Waals surface area contributed by atoms with Gasteiger partial charge in [0.2, 0.25) is 5.91 Å². The highest BCUT2D eigenvalue weighted by Crippen LogP contribution is 2.32. The number of anilines is 2. The van der Waals surface area contributed by atoms with E-state index < -0.39 is 0 Å². The van der Waals surface area contributed by atoms with Crippen molar-refractivity contribution >= 4 is 28.9 Å². The topological polar surface area (TPSA) is 23.6 Å². The Labute approximate surface area is 129 Å². The molecule has 0 aromatic heterocycles. The number of rotatable bonds is 2. The van der Waals surface area contributed by atoms with Gasteiger partial charge in [-0.05, 0) is 23.8 Å². The van der Waals surface area contributed by atoms with E-state index in [1.54, 1.807) is 0 Å². The van der Waals surface area contributed by atoms with Gasteiger partial charge in [0, 0.05) is 25.2 Å². The van der Waals surface area contributed by atoms with Gasteiger partial charge in [-0.3, -0.25) is 4.79 Å². The van der Waals surface area contributed by atoms with Crippen LogP contribution in [0.15, 0.2) is 48.5 Å². The summed E-state index contributed by atoms with van der Waals surface area (Å²) in [4.78, 5) is 16.7. The van der Waals surface area contributed by atoms with Crippen molar-refractivity contribution in [1.82, 2.24) is 0 Å². The number of carbonyl (C=O) groups is 1. The highest BCUT2D eigenvalue weighted by Gasteiger charge is 2.24. The number of benzene rings is 2. The van der Waals surface area contributed by atoms with E-state index in [1.807, 2.05) is 53.4 Å². The van der Waals surface area contributed by atoms with Crippen molar-refractivity contribution in [3.8, 4) is 0 Å². The van der Waals surface area contributed by atoms with Crippen molar-refractivity contribution in [2.45, 2.75) is 6.42 Å². The summed E-state index contributed by atoms with van der Waals surface area (Å²) in [7, 11) is 2.05. The lowest BCUT2D eigenvalue weighted by atomic mass is 10.1. The van der Waals surface area contributed by atoms with E-state index in [1.165, 1.54) is 0 Å². The molecule has 1 aliphatic heterocycles. The van der Waals surface area contributed by atoms with Gasteiger partial charge in [0.1, 0.15) is 0 Å². The first-order chi connectivity index (χ1) is 10.2. The first-order valence-corrected chi connectivity index (χ1v) is 7.38. The summed E-state index contributed by atoms with van der Waals surface area (Å²) in [6, 6.07) is 15.5. The zero-order chi connectivity index (χ0) is 14.8. The lowest BCUT2D eigenvalue weighted by Crippen LogP contribution is -2.43. The van der Waals surface area contributed by atoms with Gasteiger partial charge in [0.25, 0.3) is 0 Å². The van der Waals surface area contributed by atoms with Gasteiger partial charge in [-0.15, -0.1) is 0 Å². The van der Waals surface area contributed by atoms with Crippen LogP contribution in [0.2, 0.25) is 5.02 Å². The van der Waals surface area contributed by atoms with Crippen LogP contribution < -0.4 is 9.80 Å². The first kappa shape index (κ1) is 14.0. The molecule has 0 fully saturated rings. The molecule has 0 saturated heterocycles. The largest absolute Gasteiger partial charge is 0.371 e. The SMILES string of the molecule is CN1CCN(C(=O)Cc2ccccc2Cl)c2ccccc21. The Morgan fingerprint density at radius 1 is 1.05 bits per heavy atom. The van der Waals surface area contributed by atoms with Gasteiger partial charge >= 0.3 is 0 Å². The van der Waals surface area contributed by atoms with Crippen LogP contribution in [0.1, 0.15) is 5.56 Å². The Hall–Kier alpha value is -2.00. The predicted molar refractivity (Wildman–Crippen MR) is 87.2 cm³/mol. The minimum absolute atomic E-state index is 0.0867. The standard InChI is InChI=1S/C17H17ClN2O/c1-19-10-11-20(16-9-5-4-8-15(16)19)17(21)12-13-6-2-3-7-14(13)18/h2-9H,10-12H2,1H3. The van der Waals surface area contributed by atoms with Crippen molar-refractivity contribution in [2.75, 3.05) is 29.9 Å². The summed E-state index contributed by atoms with van der Waals surface area (Å²) < 4.78 is 0. The quantitative estimate of drug-likeness (QED) is 0.849. The number of hydrogen-bond acceptors (Lipinski definition) is 2. The van der Waals surface area contributed by atoms with Crippen LogP contribution in [-0.4, -0.2) is 26.0 Å². The molecule has 2 aromatic carbocycles. The number of carbonyl (C=O) groups excluding carboxylic acids is 1. The van der Waals surface area contributed by atoms with E-state index >= 15 is 0 Å². The van der Waals surface area contributed by atoms with Crippen molar-refractivity contribution in [3.05, 3.63) is 59.1 Å². The minimum Gasteiger partial charge on any atom is -0.371 e. The smallest absolute Gasteiger partial charge is 0.231 e. The third-order valence-electron chi connectivity index (χ3n) is 3.84. The second-order valence-corrected chi connectivity index (χ2v) is 5.63. The van der Waals surface area contributed by atoms with Crippen LogP contribution in [0.3, 0.4) is 0 Å². The summed E-state index contributed by atoms with van der Waals surface area (Å²) in [6.45, 7) is 1.54. The minimum atomic E-state index is 0.0867. The normalized spacial score (nSPS) is 14.0. The zero-order valence-corrected chi connectivity index (χ0v) is 12.7. The van der Waals surface area contributed by atoms with Crippen LogP contribution in [0.4, 0.5) is 11.4 Å². The van der Waals surface area contributed by atoms with E-state index in [2.05, 4.69) is 11.9 Å². The van der Waals surface area contributed by atoms with E-state index in [-0.39, 0.29) is 5.91 Å². The van der Waals surface area contributed by atoms with E-state index in [4.69, 9.17) is 11.6 Å². The zero-order valence-electron chi connectivity index (χ0n) is 11.9. The monoisotopic (exact) mass is 300 g/mol. The molecule has 1 heterocycles. The molecule has 1 aliphatic rings. The number of nitrogens with zero attached hydrogens (tertiary/aromatic N) is 2. The highest BCUT2D eigenvalue weighted by molar-refractivity contribution is 6.31. The summed E-state index contributed by atoms with van der Waals surface area (Å²) >= 11 is 6.15. The Balaban J connectivity index is 1.86. The Bertz CT molecular complexity index is 671. The number of hydrogen-bond donors (Lipinski definition) is 0. The van der Waals surface area contributed by atoms with Crippen molar-refractivity contribution in [2.24, 2.45) is 0 Å². The molecule has 1 amide bonds. The lowest BCUT2D eigenvalue weighted by Gasteiger charge is -2.35. The summed E-state index contributed by atoms with van der Waals surface area (Å²) in [5.41, 5.74) is 2.94. The number of likely N-dealkylation sites (N-methyl/N-ethyl adjacent to an activating group) is 1. The molecule has 0 aliphatic carbocycles. The third kappa shape index (κ3) is 2.74. The number of halogens is 1. The number of para-hydroxylation sites is 2. The van der Waals surface area contributed by atoms with Crippen LogP contribution in [-0.2, 0) is 11.2 Å². The van der Waals surface area contributed by atoms with E-state index in [0.29, 0.717) is 18.0 Å². The Kier molecular flexibility index (Phi) is 3.84. The second kappa shape index (κ2) is 5.78. The fourth-order valence-electron chi connectivity index (χ4n) is 2.67. The summed E-state index contributed by atoms with van der Waals surface area (Å²) in [5.74, 6) is 0.0867. The predicted octanol–water partition coefficient (Wildman–Crippen LogP) is 3.37. The van der Waals surface area contributed by atoms with E-state index in [9.17, 15) is 4.79 Å². The second-order valence-electron chi connectivity index (χ2n) is 5.22. The molecule has 108 valence electrons. The van der Waals surface area contributed by atoms with Crippen LogP contribution in [0.25, 0.3) is 0 Å². The molecule has 0 bridgehead atoms. The van der Waals surface area contributed by atoms with Gasteiger partial charge in [-0.25, -0.2) is 0 Å². The van der Waals surface area contributed by atoms with Crippen LogP contribution in [0.5, 0.6) is 0 Å². The molecule has 0 atom stereocenters. The number of amides is 1. The third-order valence-corrected chi connectivity index (χ3v) is 4.21. The van der Waals surface area contributed by atoms with Gasteiger partial charge < -0.3 is 9.80 Å². The molecular weight excluding hydrogens is 284 g/mol. The highest BCUT2D eigenvalue weighted by atomic mass is 35.5. The van der Waals surface area contributed by atoms with E-state index in [0.717, 1.165) is 23.5 Å². The Morgan fingerprint density at radius 3 is 2.48 bits per heavy atom. The molecule has 4 heteroatoms. The fraction of sp³-hybridized carbons (Fsp3) is 0.235. The maximum Gasteiger partial charge on any atom is 0.231 e. The fourth-order valence-corrected chi connectivity index (χ4v) is 2.87. The van der Waals surface area contributed by atoms with Crippen molar-refractivity contribution in [3.63, 3.8) is 0 Å². The molecular formula is C17H17ClN2O. The maximum atomic E-state index is 12.6. The average molecular weight is 301 g/mol. The molecule has 2 aromatic rings. The summed E-state index contributed by atoms with van der Waals surface area (Å²) in [5, 5.41) is 0.647. The maximum absolute atomic E-state index is 12.6. The van der Waals surface area contributed by atoms with Crippen LogP contribution in [0, 0.1) is 0 Å². The molecule has 0 spiro atoms. The van der Waals surface area contributed by atoms with Gasteiger partial charge in [-0.1, -0.05) is 41.9 Å². The summed E-state index contributed by atoms with van der Waals surface area (Å²) in [6.07, 6.45) is 0.331. The molecule has 0 N–H and O–H groups in total. The number of fused-ring (bicyclic) bond motifs is 1. The lowest BCUT2D eigenvalue weighted by molar-refractivity contribution is -0.118. The Morgan fingerprint density at radius 2 is 1.71 bits per heavy atom. The molecule has 21 heavy (non-hydrogen) atoms. The van der Waals surface area contributed by atoms with Gasteiger partial charge in [0.05, 0.1) is 17.8 Å². The van der Waals surface area contributed by atoms with Crippen LogP contribution >= 0.6 is 11.6 Å². The molecule has 3 nitrogen and oxygen atoms in total. The molecule has 0 radical (unpaired) electrons. The average Bonchev–Trinajstić information content (AvgIpc) is 2.50. The molecule has 0 unspecified atom stereocenters. The van der Waals surface area contributed by atoms with Crippen molar-refractivity contribution in [1.29, 1.82) is 0 Å². The first-order valence-electron chi connectivity index (χ1n) is 7.01.